The lowest BCUT2D eigenvalue weighted by molar-refractivity contribution is -0.134. The summed E-state index contributed by atoms with van der Waals surface area (Å²) in [6.07, 6.45) is 5.30. The molecule has 3 fully saturated rings. The fraction of sp³-hybridized carbons (Fsp3) is 0.600. The van der Waals surface area contributed by atoms with Gasteiger partial charge in [-0.05, 0) is 80.9 Å². The molecule has 6 rings (SSSR count). The number of sulfonamides is 2. The van der Waals surface area contributed by atoms with Crippen molar-refractivity contribution in [3.05, 3.63) is 29.5 Å². The summed E-state index contributed by atoms with van der Waals surface area (Å²) < 4.78 is 69.4. The number of alkyl halides is 1. The lowest BCUT2D eigenvalue weighted by Gasteiger charge is -2.45. The standard InChI is InChI=1S/C25H31FN4O6S2/c1-37(33,34)28-17-8-9-18-19(11-17)38(35,36)29-24(27-18)21-23(31)20-14-4-5-15(10-14)22(20)30(25(21)32)12-13-2-6-16(26)7-3-13/h8-9,11,13-16,20,22,28,31H,2-7,10,12H2,1H3,(H,27,29)/t13?,14-,15+,16?,20+,22-/m0/s1. The fourth-order valence-corrected chi connectivity index (χ4v) is 8.91. The minimum absolute atomic E-state index is 0.0603. The molecule has 2 aliphatic heterocycles. The van der Waals surface area contributed by atoms with Crippen molar-refractivity contribution >= 4 is 43.2 Å². The number of anilines is 2. The van der Waals surface area contributed by atoms with Crippen molar-refractivity contribution in [2.24, 2.45) is 28.1 Å². The number of halogens is 1. The van der Waals surface area contributed by atoms with E-state index in [-0.39, 0.29) is 63.2 Å². The lowest BCUT2D eigenvalue weighted by atomic mass is 9.77. The summed E-state index contributed by atoms with van der Waals surface area (Å²) in [5, 5.41) is 14.3. The first-order valence-electron chi connectivity index (χ1n) is 13.0. The highest BCUT2D eigenvalue weighted by Crippen LogP contribution is 2.55. The molecule has 0 spiro atoms. The Hall–Kier alpha value is -2.67. The highest BCUT2D eigenvalue weighted by Gasteiger charge is 2.57. The summed E-state index contributed by atoms with van der Waals surface area (Å²) in [6.45, 7) is 0.448. The van der Waals surface area contributed by atoms with Gasteiger partial charge < -0.3 is 15.3 Å². The molecule has 5 aliphatic rings. The van der Waals surface area contributed by atoms with Crippen molar-refractivity contribution in [3.8, 4) is 0 Å². The zero-order chi connectivity index (χ0) is 27.0. The van der Waals surface area contributed by atoms with Crippen LogP contribution < -0.4 is 10.0 Å². The molecule has 10 nitrogen and oxygen atoms in total. The number of nitrogens with zero attached hydrogens (tertiary/aromatic N) is 2. The number of benzene rings is 1. The van der Waals surface area contributed by atoms with Crippen LogP contribution in [0.25, 0.3) is 0 Å². The first-order valence-corrected chi connectivity index (χ1v) is 16.4. The first-order chi connectivity index (χ1) is 17.9. The van der Waals surface area contributed by atoms with Crippen LogP contribution in [0, 0.1) is 23.7 Å². The molecule has 3 saturated carbocycles. The Labute approximate surface area is 221 Å². The maximum Gasteiger partial charge on any atom is 0.286 e. The van der Waals surface area contributed by atoms with Crippen molar-refractivity contribution < 1.29 is 31.1 Å². The number of nitrogens with one attached hydrogen (secondary N) is 2. The molecule has 0 aromatic heterocycles. The minimum Gasteiger partial charge on any atom is -0.511 e. The van der Waals surface area contributed by atoms with Crippen molar-refractivity contribution in [3.63, 3.8) is 0 Å². The topological polar surface area (TPSA) is 145 Å². The summed E-state index contributed by atoms with van der Waals surface area (Å²) in [5.74, 6) is -0.457. The highest BCUT2D eigenvalue weighted by molar-refractivity contribution is 7.92. The number of rotatable bonds is 5. The van der Waals surface area contributed by atoms with Gasteiger partial charge in [-0.1, -0.05) is 0 Å². The van der Waals surface area contributed by atoms with Gasteiger partial charge in [-0.3, -0.25) is 9.52 Å². The number of hydrogen-bond acceptors (Lipinski definition) is 7. The summed E-state index contributed by atoms with van der Waals surface area (Å²) in [7, 11) is -7.95. The quantitative estimate of drug-likeness (QED) is 0.496. The number of aliphatic hydroxyl groups is 1. The Balaban J connectivity index is 1.37. The van der Waals surface area contributed by atoms with E-state index in [0.717, 1.165) is 31.6 Å². The van der Waals surface area contributed by atoms with Crippen LogP contribution in [0.2, 0.25) is 0 Å². The zero-order valence-electron chi connectivity index (χ0n) is 20.9. The third-order valence-corrected chi connectivity index (χ3v) is 10.7. The molecule has 13 heteroatoms. The molecule has 0 radical (unpaired) electrons. The van der Waals surface area contributed by atoms with E-state index in [1.807, 2.05) is 0 Å². The van der Waals surface area contributed by atoms with Gasteiger partial charge in [0, 0.05) is 24.2 Å². The lowest BCUT2D eigenvalue weighted by Crippen LogP contribution is -2.55. The van der Waals surface area contributed by atoms with Crippen LogP contribution in [0.3, 0.4) is 0 Å². The van der Waals surface area contributed by atoms with E-state index in [1.54, 1.807) is 4.90 Å². The van der Waals surface area contributed by atoms with Gasteiger partial charge in [0.05, 0.1) is 11.9 Å². The number of amidine groups is 1. The van der Waals surface area contributed by atoms with Gasteiger partial charge in [0.2, 0.25) is 10.0 Å². The molecule has 206 valence electrons. The molecule has 2 heterocycles. The fourth-order valence-electron chi connectivity index (χ4n) is 7.20. The van der Waals surface area contributed by atoms with Gasteiger partial charge in [0.1, 0.15) is 22.4 Å². The van der Waals surface area contributed by atoms with E-state index in [0.29, 0.717) is 32.2 Å². The van der Waals surface area contributed by atoms with E-state index in [1.165, 1.54) is 12.1 Å². The Morgan fingerprint density at radius 2 is 1.87 bits per heavy atom. The van der Waals surface area contributed by atoms with E-state index >= 15 is 0 Å². The van der Waals surface area contributed by atoms with Crippen LogP contribution in [0.15, 0.2) is 38.8 Å². The van der Waals surface area contributed by atoms with Crippen LogP contribution >= 0.6 is 0 Å². The van der Waals surface area contributed by atoms with Crippen LogP contribution in [-0.4, -0.2) is 63.6 Å². The second-order valence-electron chi connectivity index (χ2n) is 11.3. The number of hydrogen-bond donors (Lipinski definition) is 3. The predicted octanol–water partition coefficient (Wildman–Crippen LogP) is 3.17. The molecule has 0 unspecified atom stereocenters. The Bertz CT molecular complexity index is 1470. The molecule has 2 bridgehead atoms. The monoisotopic (exact) mass is 566 g/mol. The molecule has 4 atom stereocenters. The van der Waals surface area contributed by atoms with Crippen molar-refractivity contribution in [2.45, 2.75) is 62.1 Å². The van der Waals surface area contributed by atoms with Gasteiger partial charge in [0.25, 0.3) is 15.9 Å². The average molecular weight is 567 g/mol. The van der Waals surface area contributed by atoms with E-state index < -0.39 is 32.1 Å². The van der Waals surface area contributed by atoms with Crippen molar-refractivity contribution in [1.82, 2.24) is 4.90 Å². The van der Waals surface area contributed by atoms with E-state index in [4.69, 9.17) is 0 Å². The van der Waals surface area contributed by atoms with Gasteiger partial charge in [-0.15, -0.1) is 4.40 Å². The smallest absolute Gasteiger partial charge is 0.286 e. The second kappa shape index (κ2) is 8.94. The number of fused-ring (bicyclic) bond motifs is 6. The first kappa shape index (κ1) is 25.6. The molecule has 3 aliphatic carbocycles. The Morgan fingerprint density at radius 1 is 1.16 bits per heavy atom. The van der Waals surface area contributed by atoms with Crippen molar-refractivity contribution in [2.75, 3.05) is 22.8 Å². The summed E-state index contributed by atoms with van der Waals surface area (Å²) >= 11 is 0. The Morgan fingerprint density at radius 3 is 2.58 bits per heavy atom. The van der Waals surface area contributed by atoms with Gasteiger partial charge in [-0.25, -0.2) is 12.8 Å². The number of aliphatic hydroxyl groups excluding tert-OH is 1. The van der Waals surface area contributed by atoms with Gasteiger partial charge >= 0.3 is 0 Å². The summed E-state index contributed by atoms with van der Waals surface area (Å²) in [6, 6.07) is 3.82. The molecular formula is C25H31FN4O6S2. The molecule has 1 aromatic carbocycles. The van der Waals surface area contributed by atoms with E-state index in [2.05, 4.69) is 14.4 Å². The second-order valence-corrected chi connectivity index (χ2v) is 14.6. The van der Waals surface area contributed by atoms with E-state index in [9.17, 15) is 31.1 Å². The van der Waals surface area contributed by atoms with Crippen molar-refractivity contribution in [1.29, 1.82) is 0 Å². The summed E-state index contributed by atoms with van der Waals surface area (Å²) in [4.78, 5) is 15.5. The van der Waals surface area contributed by atoms with Crippen LogP contribution in [0.4, 0.5) is 15.8 Å². The van der Waals surface area contributed by atoms with Gasteiger partial charge in [0.15, 0.2) is 5.84 Å². The molecule has 1 aromatic rings. The number of carbonyl (C=O) groups excluding carboxylic acids is 1. The normalized spacial score (nSPS) is 33.9. The maximum atomic E-state index is 14.0. The van der Waals surface area contributed by atoms with Crippen LogP contribution in [0.1, 0.15) is 44.9 Å². The maximum absolute atomic E-state index is 14.0. The molecule has 0 saturated heterocycles. The number of amides is 1. The highest BCUT2D eigenvalue weighted by atomic mass is 32.2. The molecule has 3 N–H and O–H groups in total. The summed E-state index contributed by atoms with van der Waals surface area (Å²) in [5.41, 5.74) is 0.0562. The third-order valence-electron chi connectivity index (χ3n) is 8.77. The largest absolute Gasteiger partial charge is 0.511 e. The number of carbonyl (C=O) groups is 1. The Kier molecular flexibility index (Phi) is 6.02. The minimum atomic E-state index is -4.32. The van der Waals surface area contributed by atoms with Gasteiger partial charge in [-0.2, -0.15) is 8.42 Å². The van der Waals surface area contributed by atoms with Crippen LogP contribution in [-0.2, 0) is 24.8 Å². The molecule has 1 amide bonds. The predicted molar refractivity (Wildman–Crippen MR) is 139 cm³/mol. The average Bonchev–Trinajstić information content (AvgIpc) is 3.45. The SMILES string of the molecule is CS(=O)(=O)Nc1ccc2c(c1)S(=O)(=O)N=C(C1=C(O)[C@@H]3[C@H]4CC[C@H](C4)[C@@H]3N(CC3CCC(F)CC3)C1=O)N2. The van der Waals surface area contributed by atoms with Crippen LogP contribution in [0.5, 0.6) is 0 Å². The zero-order valence-corrected chi connectivity index (χ0v) is 22.6. The molecule has 38 heavy (non-hydrogen) atoms. The third kappa shape index (κ3) is 4.37. The molecular weight excluding hydrogens is 535 g/mol.